The van der Waals surface area contributed by atoms with E-state index in [1.807, 2.05) is 12.1 Å². The van der Waals surface area contributed by atoms with Crippen LogP contribution in [0.2, 0.25) is 0 Å². The number of hydrogen-bond acceptors (Lipinski definition) is 7. The number of anilines is 2. The number of carbonyl (C=O) groups excluding carboxylic acids is 2. The Labute approximate surface area is 208 Å². The van der Waals surface area contributed by atoms with E-state index in [2.05, 4.69) is 10.6 Å². The highest BCUT2D eigenvalue weighted by atomic mass is 32.2. The summed E-state index contributed by atoms with van der Waals surface area (Å²) in [7, 11) is 6.09. The smallest absolute Gasteiger partial charge is 0.263 e. The molecule has 0 bridgehead atoms. The zero-order valence-corrected chi connectivity index (χ0v) is 21.0. The fourth-order valence-electron chi connectivity index (χ4n) is 3.32. The lowest BCUT2D eigenvalue weighted by atomic mass is 10.1. The SMILES string of the molecule is COc1ccc(OC)c(NC(=O)C(C)Sc2cccc(NC(=O)c3c(OC)cccc3OC)c2)c1. The Morgan fingerprint density at radius 3 is 2.06 bits per heavy atom. The standard InChI is InChI=1S/C26H28N2O6S/c1-16(25(29)28-20-15-18(31-2)12-13-21(20)32-3)35-19-9-6-8-17(14-19)27-26(30)24-22(33-4)10-7-11-23(24)34-5/h6-16H,1-5H3,(H,27,30)(H,28,29). The molecule has 0 aromatic heterocycles. The number of thioether (sulfide) groups is 1. The van der Waals surface area contributed by atoms with Gasteiger partial charge in [0.1, 0.15) is 28.6 Å². The predicted octanol–water partition coefficient (Wildman–Crippen LogP) is 5.09. The molecule has 0 aliphatic heterocycles. The third-order valence-electron chi connectivity index (χ3n) is 5.09. The number of ether oxygens (including phenoxy) is 4. The molecule has 2 amide bonds. The first-order chi connectivity index (χ1) is 16.9. The van der Waals surface area contributed by atoms with Gasteiger partial charge in [0.15, 0.2) is 0 Å². The Hall–Kier alpha value is -3.85. The van der Waals surface area contributed by atoms with Gasteiger partial charge >= 0.3 is 0 Å². The average Bonchev–Trinajstić information content (AvgIpc) is 2.88. The fraction of sp³-hybridized carbons (Fsp3) is 0.231. The van der Waals surface area contributed by atoms with Gasteiger partial charge in [0.05, 0.1) is 39.4 Å². The van der Waals surface area contributed by atoms with Gasteiger partial charge in [-0.15, -0.1) is 11.8 Å². The normalized spacial score (nSPS) is 11.2. The summed E-state index contributed by atoms with van der Waals surface area (Å²) in [5.74, 6) is 1.40. The molecule has 0 saturated heterocycles. The number of methoxy groups -OCH3 is 4. The van der Waals surface area contributed by atoms with Crippen molar-refractivity contribution in [3.8, 4) is 23.0 Å². The molecule has 3 aromatic rings. The van der Waals surface area contributed by atoms with Crippen molar-refractivity contribution in [2.24, 2.45) is 0 Å². The van der Waals surface area contributed by atoms with E-state index in [0.29, 0.717) is 39.9 Å². The second-order valence-corrected chi connectivity index (χ2v) is 8.75. The predicted molar refractivity (Wildman–Crippen MR) is 137 cm³/mol. The molecule has 2 N–H and O–H groups in total. The molecule has 0 aliphatic carbocycles. The van der Waals surface area contributed by atoms with Crippen molar-refractivity contribution < 1.29 is 28.5 Å². The maximum absolute atomic E-state index is 13.0. The van der Waals surface area contributed by atoms with Crippen LogP contribution in [0, 0.1) is 0 Å². The van der Waals surface area contributed by atoms with Crippen LogP contribution in [0.25, 0.3) is 0 Å². The van der Waals surface area contributed by atoms with E-state index in [4.69, 9.17) is 18.9 Å². The van der Waals surface area contributed by atoms with Crippen LogP contribution in [-0.4, -0.2) is 45.5 Å². The Bertz CT molecular complexity index is 1180. The van der Waals surface area contributed by atoms with E-state index in [1.54, 1.807) is 62.6 Å². The van der Waals surface area contributed by atoms with Crippen molar-refractivity contribution in [1.82, 2.24) is 0 Å². The van der Waals surface area contributed by atoms with Crippen LogP contribution in [0.4, 0.5) is 11.4 Å². The highest BCUT2D eigenvalue weighted by Crippen LogP contribution is 2.32. The van der Waals surface area contributed by atoms with Crippen LogP contribution < -0.4 is 29.6 Å². The molecular weight excluding hydrogens is 468 g/mol. The maximum Gasteiger partial charge on any atom is 0.263 e. The van der Waals surface area contributed by atoms with Gasteiger partial charge in [-0.05, 0) is 49.4 Å². The van der Waals surface area contributed by atoms with Crippen molar-refractivity contribution in [2.45, 2.75) is 17.1 Å². The second-order valence-electron chi connectivity index (χ2n) is 7.34. The second kappa shape index (κ2) is 12.0. The summed E-state index contributed by atoms with van der Waals surface area (Å²) in [6.07, 6.45) is 0. The van der Waals surface area contributed by atoms with Crippen LogP contribution in [0.15, 0.2) is 65.6 Å². The summed E-state index contributed by atoms with van der Waals surface area (Å²) >= 11 is 1.36. The number of hydrogen-bond donors (Lipinski definition) is 2. The van der Waals surface area contributed by atoms with E-state index in [0.717, 1.165) is 4.90 Å². The Balaban J connectivity index is 1.71. The molecular formula is C26H28N2O6S. The Kier molecular flexibility index (Phi) is 8.86. The molecule has 9 heteroatoms. The van der Waals surface area contributed by atoms with Gasteiger partial charge < -0.3 is 29.6 Å². The maximum atomic E-state index is 13.0. The van der Waals surface area contributed by atoms with E-state index < -0.39 is 5.25 Å². The summed E-state index contributed by atoms with van der Waals surface area (Å²) < 4.78 is 21.2. The lowest BCUT2D eigenvalue weighted by molar-refractivity contribution is -0.115. The summed E-state index contributed by atoms with van der Waals surface area (Å²) in [5, 5.41) is 5.34. The molecule has 1 atom stereocenters. The quantitative estimate of drug-likeness (QED) is 0.378. The van der Waals surface area contributed by atoms with Crippen molar-refractivity contribution in [3.05, 3.63) is 66.2 Å². The highest BCUT2D eigenvalue weighted by molar-refractivity contribution is 8.00. The van der Waals surface area contributed by atoms with Gasteiger partial charge in [-0.1, -0.05) is 12.1 Å². The van der Waals surface area contributed by atoms with Crippen LogP contribution in [-0.2, 0) is 4.79 Å². The monoisotopic (exact) mass is 496 g/mol. The molecule has 184 valence electrons. The molecule has 0 radical (unpaired) electrons. The van der Waals surface area contributed by atoms with Crippen LogP contribution >= 0.6 is 11.8 Å². The van der Waals surface area contributed by atoms with Gasteiger partial charge in [-0.25, -0.2) is 0 Å². The van der Waals surface area contributed by atoms with Crippen LogP contribution in [0.1, 0.15) is 17.3 Å². The molecule has 0 spiro atoms. The molecule has 1 unspecified atom stereocenters. The first-order valence-corrected chi connectivity index (χ1v) is 11.6. The molecule has 0 saturated carbocycles. The lowest BCUT2D eigenvalue weighted by Crippen LogP contribution is -2.22. The largest absolute Gasteiger partial charge is 0.497 e. The van der Waals surface area contributed by atoms with Crippen molar-refractivity contribution in [2.75, 3.05) is 39.1 Å². The van der Waals surface area contributed by atoms with Crippen LogP contribution in [0.5, 0.6) is 23.0 Å². The van der Waals surface area contributed by atoms with Crippen molar-refractivity contribution >= 4 is 35.0 Å². The number of carbonyl (C=O) groups is 2. The minimum Gasteiger partial charge on any atom is -0.497 e. The molecule has 0 aliphatic rings. The number of rotatable bonds is 10. The summed E-state index contributed by atoms with van der Waals surface area (Å²) in [6, 6.07) is 17.6. The van der Waals surface area contributed by atoms with Gasteiger partial charge in [0, 0.05) is 16.6 Å². The number of amides is 2. The van der Waals surface area contributed by atoms with Crippen LogP contribution in [0.3, 0.4) is 0 Å². The summed E-state index contributed by atoms with van der Waals surface area (Å²) in [6.45, 7) is 1.80. The van der Waals surface area contributed by atoms with Gasteiger partial charge in [-0.2, -0.15) is 0 Å². The molecule has 3 rings (SSSR count). The highest BCUT2D eigenvalue weighted by Gasteiger charge is 2.20. The number of nitrogens with one attached hydrogen (secondary N) is 2. The van der Waals surface area contributed by atoms with E-state index in [9.17, 15) is 9.59 Å². The molecule has 35 heavy (non-hydrogen) atoms. The minimum atomic E-state index is -0.425. The topological polar surface area (TPSA) is 95.1 Å². The Morgan fingerprint density at radius 2 is 1.43 bits per heavy atom. The lowest BCUT2D eigenvalue weighted by Gasteiger charge is -2.16. The van der Waals surface area contributed by atoms with E-state index in [1.165, 1.54) is 33.1 Å². The zero-order chi connectivity index (χ0) is 25.4. The first kappa shape index (κ1) is 25.8. The van der Waals surface area contributed by atoms with E-state index in [-0.39, 0.29) is 11.8 Å². The third-order valence-corrected chi connectivity index (χ3v) is 6.19. The van der Waals surface area contributed by atoms with E-state index >= 15 is 0 Å². The molecule has 0 fully saturated rings. The third kappa shape index (κ3) is 6.39. The molecule has 3 aromatic carbocycles. The Morgan fingerprint density at radius 1 is 0.771 bits per heavy atom. The summed E-state index contributed by atoms with van der Waals surface area (Å²) in [4.78, 5) is 26.6. The van der Waals surface area contributed by atoms with Gasteiger partial charge in [0.25, 0.3) is 5.91 Å². The first-order valence-electron chi connectivity index (χ1n) is 10.7. The van der Waals surface area contributed by atoms with Crippen molar-refractivity contribution in [3.63, 3.8) is 0 Å². The zero-order valence-electron chi connectivity index (χ0n) is 20.2. The fourth-order valence-corrected chi connectivity index (χ4v) is 4.25. The molecule has 0 heterocycles. The number of benzene rings is 3. The van der Waals surface area contributed by atoms with Gasteiger partial charge in [-0.3, -0.25) is 9.59 Å². The molecule has 8 nitrogen and oxygen atoms in total. The van der Waals surface area contributed by atoms with Gasteiger partial charge in [0.2, 0.25) is 5.91 Å². The average molecular weight is 497 g/mol. The minimum absolute atomic E-state index is 0.199. The summed E-state index contributed by atoms with van der Waals surface area (Å²) in [5.41, 5.74) is 1.40. The van der Waals surface area contributed by atoms with Crippen molar-refractivity contribution in [1.29, 1.82) is 0 Å².